The molecule has 0 saturated heterocycles. The van der Waals surface area contributed by atoms with Crippen molar-refractivity contribution in [1.82, 2.24) is 0 Å². The predicted molar refractivity (Wildman–Crippen MR) is 86.3 cm³/mol. The van der Waals surface area contributed by atoms with Gasteiger partial charge in [0, 0.05) is 0 Å². The molecule has 0 spiro atoms. The van der Waals surface area contributed by atoms with Crippen LogP contribution in [-0.2, 0) is 0 Å². The van der Waals surface area contributed by atoms with E-state index in [0.29, 0.717) is 29.4 Å². The van der Waals surface area contributed by atoms with Crippen LogP contribution in [0.2, 0.25) is 0 Å². The Hall–Kier alpha value is -2.34. The minimum Gasteiger partial charge on any atom is -0.493 e. The van der Waals surface area contributed by atoms with Gasteiger partial charge in [0.25, 0.3) is 0 Å². The van der Waals surface area contributed by atoms with Gasteiger partial charge in [-0.25, -0.2) is 4.39 Å². The number of hydrogen-bond acceptors (Lipinski definition) is 4. The first kappa shape index (κ1) is 16.0. The van der Waals surface area contributed by atoms with Gasteiger partial charge in [-0.3, -0.25) is 0 Å². The summed E-state index contributed by atoms with van der Waals surface area (Å²) in [5.74, 6) is 1.30. The first-order valence-corrected chi connectivity index (χ1v) is 7.00. The van der Waals surface area contributed by atoms with E-state index in [9.17, 15) is 4.39 Å². The third-order valence-electron chi connectivity index (χ3n) is 2.88. The van der Waals surface area contributed by atoms with Gasteiger partial charge in [-0.15, -0.1) is 0 Å². The minimum absolute atomic E-state index is 0.230. The number of hydrogen-bond donors (Lipinski definition) is 1. The number of methoxy groups -OCH3 is 1. The second kappa shape index (κ2) is 7.61. The van der Waals surface area contributed by atoms with E-state index in [4.69, 9.17) is 32.2 Å². The van der Waals surface area contributed by atoms with Crippen molar-refractivity contribution in [2.24, 2.45) is 5.73 Å². The fourth-order valence-corrected chi connectivity index (χ4v) is 2.01. The second-order valence-corrected chi connectivity index (χ2v) is 4.79. The van der Waals surface area contributed by atoms with E-state index in [1.54, 1.807) is 37.4 Å². The molecular formula is C16H16FNO3S. The van der Waals surface area contributed by atoms with Crippen molar-refractivity contribution < 1.29 is 18.6 Å². The lowest BCUT2D eigenvalue weighted by atomic mass is 10.2. The van der Waals surface area contributed by atoms with E-state index in [-0.39, 0.29) is 17.4 Å². The summed E-state index contributed by atoms with van der Waals surface area (Å²) < 4.78 is 29.2. The van der Waals surface area contributed by atoms with Crippen LogP contribution in [0.5, 0.6) is 17.2 Å². The fourth-order valence-electron chi connectivity index (χ4n) is 1.85. The van der Waals surface area contributed by atoms with Gasteiger partial charge in [0.2, 0.25) is 0 Å². The summed E-state index contributed by atoms with van der Waals surface area (Å²) in [5, 5.41) is 0. The summed E-state index contributed by atoms with van der Waals surface area (Å²) in [6.07, 6.45) is 0. The number of benzene rings is 2. The first-order valence-electron chi connectivity index (χ1n) is 6.60. The van der Waals surface area contributed by atoms with Crippen LogP contribution < -0.4 is 19.9 Å². The van der Waals surface area contributed by atoms with Crippen LogP contribution in [0.25, 0.3) is 0 Å². The Morgan fingerprint density at radius 3 is 2.41 bits per heavy atom. The monoisotopic (exact) mass is 321 g/mol. The van der Waals surface area contributed by atoms with E-state index in [1.807, 2.05) is 0 Å². The lowest BCUT2D eigenvalue weighted by molar-refractivity contribution is 0.211. The average molecular weight is 321 g/mol. The topological polar surface area (TPSA) is 53.7 Å². The Labute approximate surface area is 133 Å². The van der Waals surface area contributed by atoms with Gasteiger partial charge in [-0.05, 0) is 36.4 Å². The summed E-state index contributed by atoms with van der Waals surface area (Å²) in [6.45, 7) is 0.563. The van der Waals surface area contributed by atoms with E-state index >= 15 is 0 Å². The molecule has 116 valence electrons. The minimum atomic E-state index is -0.307. The molecule has 2 N–H and O–H groups in total. The zero-order chi connectivity index (χ0) is 15.9. The van der Waals surface area contributed by atoms with Gasteiger partial charge in [0.1, 0.15) is 29.8 Å². The van der Waals surface area contributed by atoms with Crippen LogP contribution in [-0.4, -0.2) is 25.3 Å². The zero-order valence-electron chi connectivity index (χ0n) is 12.0. The normalized spacial score (nSPS) is 10.1. The Morgan fingerprint density at radius 1 is 1.09 bits per heavy atom. The van der Waals surface area contributed by atoms with Gasteiger partial charge in [-0.1, -0.05) is 18.3 Å². The van der Waals surface area contributed by atoms with Crippen LogP contribution >= 0.6 is 12.2 Å². The molecule has 0 atom stereocenters. The highest BCUT2D eigenvalue weighted by Crippen LogP contribution is 2.31. The van der Waals surface area contributed by atoms with E-state index < -0.39 is 0 Å². The lowest BCUT2D eigenvalue weighted by Crippen LogP contribution is -2.15. The molecule has 0 aliphatic rings. The van der Waals surface area contributed by atoms with Crippen molar-refractivity contribution in [2.45, 2.75) is 0 Å². The summed E-state index contributed by atoms with van der Waals surface area (Å²) in [4.78, 5) is 0.230. The third-order valence-corrected chi connectivity index (χ3v) is 3.10. The second-order valence-electron chi connectivity index (χ2n) is 4.35. The van der Waals surface area contributed by atoms with Crippen molar-refractivity contribution in [2.75, 3.05) is 20.3 Å². The quantitative estimate of drug-likeness (QED) is 0.628. The van der Waals surface area contributed by atoms with Gasteiger partial charge in [0.15, 0.2) is 11.5 Å². The smallest absolute Gasteiger partial charge is 0.171 e. The van der Waals surface area contributed by atoms with Crippen molar-refractivity contribution in [3.63, 3.8) is 0 Å². The van der Waals surface area contributed by atoms with Crippen molar-refractivity contribution in [1.29, 1.82) is 0 Å². The summed E-state index contributed by atoms with van der Waals surface area (Å²) >= 11 is 5.00. The SMILES string of the molecule is COc1cccc(C(N)=S)c1OCCOc1ccc(F)cc1. The molecule has 0 aliphatic carbocycles. The molecule has 0 aliphatic heterocycles. The molecule has 6 heteroatoms. The molecule has 0 amide bonds. The molecule has 2 aromatic rings. The molecule has 2 rings (SSSR count). The molecule has 4 nitrogen and oxygen atoms in total. The molecule has 22 heavy (non-hydrogen) atoms. The highest BCUT2D eigenvalue weighted by Gasteiger charge is 2.12. The Morgan fingerprint density at radius 2 is 1.77 bits per heavy atom. The highest BCUT2D eigenvalue weighted by molar-refractivity contribution is 7.80. The Balaban J connectivity index is 1.96. The molecule has 0 aromatic heterocycles. The number of ether oxygens (including phenoxy) is 3. The molecule has 0 heterocycles. The Kier molecular flexibility index (Phi) is 5.55. The van der Waals surface area contributed by atoms with Crippen LogP contribution in [0.3, 0.4) is 0 Å². The predicted octanol–water partition coefficient (Wildman–Crippen LogP) is 2.93. The highest BCUT2D eigenvalue weighted by atomic mass is 32.1. The van der Waals surface area contributed by atoms with Crippen LogP contribution in [0.4, 0.5) is 4.39 Å². The molecule has 0 bridgehead atoms. The van der Waals surface area contributed by atoms with Crippen LogP contribution in [0, 0.1) is 5.82 Å². The van der Waals surface area contributed by atoms with E-state index in [0.717, 1.165) is 0 Å². The summed E-state index contributed by atoms with van der Waals surface area (Å²) in [6, 6.07) is 11.1. The molecule has 2 aromatic carbocycles. The summed E-state index contributed by atoms with van der Waals surface area (Å²) in [7, 11) is 1.54. The van der Waals surface area contributed by atoms with E-state index in [1.165, 1.54) is 12.1 Å². The zero-order valence-corrected chi connectivity index (χ0v) is 12.9. The largest absolute Gasteiger partial charge is 0.493 e. The van der Waals surface area contributed by atoms with Crippen molar-refractivity contribution in [3.05, 3.63) is 53.8 Å². The van der Waals surface area contributed by atoms with Gasteiger partial charge in [-0.2, -0.15) is 0 Å². The van der Waals surface area contributed by atoms with Gasteiger partial charge in [0.05, 0.1) is 12.7 Å². The molecular weight excluding hydrogens is 305 g/mol. The molecule has 0 fully saturated rings. The molecule has 0 saturated carbocycles. The van der Waals surface area contributed by atoms with Crippen molar-refractivity contribution >= 4 is 17.2 Å². The van der Waals surface area contributed by atoms with Crippen LogP contribution in [0.15, 0.2) is 42.5 Å². The number of rotatable bonds is 7. The number of nitrogens with two attached hydrogens (primary N) is 1. The average Bonchev–Trinajstić information content (AvgIpc) is 2.53. The number of para-hydroxylation sites is 1. The third kappa shape index (κ3) is 4.08. The number of thiocarbonyl (C=S) groups is 1. The van der Waals surface area contributed by atoms with Crippen LogP contribution in [0.1, 0.15) is 5.56 Å². The maximum atomic E-state index is 12.8. The van der Waals surface area contributed by atoms with Gasteiger partial charge < -0.3 is 19.9 Å². The van der Waals surface area contributed by atoms with Crippen molar-refractivity contribution in [3.8, 4) is 17.2 Å². The first-order chi connectivity index (χ1) is 10.6. The van der Waals surface area contributed by atoms with E-state index in [2.05, 4.69) is 0 Å². The molecule has 0 radical (unpaired) electrons. The molecule has 0 unspecified atom stereocenters. The summed E-state index contributed by atoms with van der Waals surface area (Å²) in [5.41, 5.74) is 6.28. The Bertz CT molecular complexity index is 646. The standard InChI is InChI=1S/C16H16FNO3S/c1-19-14-4-2-3-13(16(18)22)15(14)21-10-9-20-12-7-5-11(17)6-8-12/h2-8H,9-10H2,1H3,(H2,18,22). The van der Waals surface area contributed by atoms with Gasteiger partial charge >= 0.3 is 0 Å². The number of halogens is 1. The maximum absolute atomic E-state index is 12.8. The lowest BCUT2D eigenvalue weighted by Gasteiger charge is -2.14. The maximum Gasteiger partial charge on any atom is 0.171 e. The fraction of sp³-hybridized carbons (Fsp3) is 0.188.